The Morgan fingerprint density at radius 2 is 2.00 bits per heavy atom. The van der Waals surface area contributed by atoms with Crippen molar-refractivity contribution in [2.75, 3.05) is 25.5 Å². The van der Waals surface area contributed by atoms with Crippen molar-refractivity contribution in [1.29, 1.82) is 0 Å². The van der Waals surface area contributed by atoms with Gasteiger partial charge < -0.3 is 11.1 Å². The first-order chi connectivity index (χ1) is 7.54. The van der Waals surface area contributed by atoms with Crippen LogP contribution in [0.5, 0.6) is 0 Å². The number of amides is 3. The number of hydrogen-bond acceptors (Lipinski definition) is 4. The minimum absolute atomic E-state index is 0.0388. The summed E-state index contributed by atoms with van der Waals surface area (Å²) in [6, 6.07) is 0. The lowest BCUT2D eigenvalue weighted by Crippen LogP contribution is -2.47. The van der Waals surface area contributed by atoms with E-state index in [0.717, 1.165) is 4.90 Å². The molecule has 0 radical (unpaired) electrons. The van der Waals surface area contributed by atoms with Crippen molar-refractivity contribution in [3.63, 3.8) is 0 Å². The molecule has 7 heteroatoms. The molecule has 0 saturated heterocycles. The van der Waals surface area contributed by atoms with Crippen molar-refractivity contribution in [2.45, 2.75) is 13.3 Å². The van der Waals surface area contributed by atoms with Gasteiger partial charge >= 0.3 is 11.8 Å². The van der Waals surface area contributed by atoms with Crippen molar-refractivity contribution < 1.29 is 14.4 Å². The highest BCUT2D eigenvalue weighted by atomic mass is 35.5. The van der Waals surface area contributed by atoms with E-state index in [1.165, 1.54) is 6.92 Å². The minimum Gasteiger partial charge on any atom is -0.348 e. The van der Waals surface area contributed by atoms with Gasteiger partial charge in [-0.2, -0.15) is 0 Å². The lowest BCUT2D eigenvalue weighted by Gasteiger charge is -2.17. The molecule has 3 N–H and O–H groups in total. The molecule has 0 aromatic carbocycles. The predicted molar refractivity (Wildman–Crippen MR) is 59.8 cm³/mol. The van der Waals surface area contributed by atoms with Crippen LogP contribution in [0.4, 0.5) is 0 Å². The van der Waals surface area contributed by atoms with E-state index in [2.05, 4.69) is 5.32 Å². The van der Waals surface area contributed by atoms with Crippen LogP contribution in [0.15, 0.2) is 0 Å². The minimum atomic E-state index is -0.882. The van der Waals surface area contributed by atoms with Crippen LogP contribution in [-0.4, -0.2) is 48.1 Å². The molecule has 0 aromatic rings. The molecule has 0 aliphatic carbocycles. The van der Waals surface area contributed by atoms with Crippen molar-refractivity contribution >= 4 is 29.3 Å². The summed E-state index contributed by atoms with van der Waals surface area (Å²) in [5.74, 6) is -1.79. The molecule has 0 rings (SSSR count). The number of imide groups is 1. The third-order valence-corrected chi connectivity index (χ3v) is 2.04. The van der Waals surface area contributed by atoms with Crippen LogP contribution in [0.2, 0.25) is 0 Å². The van der Waals surface area contributed by atoms with Crippen molar-refractivity contribution in [1.82, 2.24) is 10.2 Å². The summed E-state index contributed by atoms with van der Waals surface area (Å²) in [4.78, 5) is 34.6. The van der Waals surface area contributed by atoms with Gasteiger partial charge in [-0.25, -0.2) is 0 Å². The number of rotatable bonds is 5. The van der Waals surface area contributed by atoms with E-state index in [1.54, 1.807) is 0 Å². The Morgan fingerprint density at radius 1 is 1.38 bits per heavy atom. The van der Waals surface area contributed by atoms with Gasteiger partial charge in [-0.3, -0.25) is 19.3 Å². The third kappa shape index (κ3) is 5.09. The van der Waals surface area contributed by atoms with Crippen molar-refractivity contribution in [3.05, 3.63) is 0 Å². The highest BCUT2D eigenvalue weighted by molar-refractivity contribution is 6.37. The van der Waals surface area contributed by atoms with Crippen LogP contribution in [0.1, 0.15) is 13.3 Å². The number of carbonyl (C=O) groups excluding carboxylic acids is 3. The zero-order valence-electron chi connectivity index (χ0n) is 9.16. The predicted octanol–water partition coefficient (Wildman–Crippen LogP) is -0.935. The smallest absolute Gasteiger partial charge is 0.318 e. The number of nitrogens with one attached hydrogen (secondary N) is 1. The van der Waals surface area contributed by atoms with Crippen LogP contribution in [0, 0.1) is 0 Å². The SMILES string of the molecule is CC(=O)N(CCN)C(=O)C(=O)NCCCCl. The lowest BCUT2D eigenvalue weighted by molar-refractivity contribution is -0.151. The number of carbonyl (C=O) groups is 3. The molecular formula is C9H16ClN3O3. The number of hydrogen-bond donors (Lipinski definition) is 2. The fraction of sp³-hybridized carbons (Fsp3) is 0.667. The Hall–Kier alpha value is -1.14. The van der Waals surface area contributed by atoms with E-state index >= 15 is 0 Å². The molecule has 92 valence electrons. The lowest BCUT2D eigenvalue weighted by atomic mass is 10.4. The number of nitrogens with two attached hydrogens (primary N) is 1. The third-order valence-electron chi connectivity index (χ3n) is 1.77. The standard InChI is InChI=1S/C9H16ClN3O3/c1-7(14)13(6-4-11)9(16)8(15)12-5-2-3-10/h2-6,11H2,1H3,(H,12,15). The monoisotopic (exact) mass is 249 g/mol. The molecular weight excluding hydrogens is 234 g/mol. The topological polar surface area (TPSA) is 92.5 Å². The van der Waals surface area contributed by atoms with Crippen LogP contribution in [-0.2, 0) is 14.4 Å². The number of halogens is 1. The molecule has 3 amide bonds. The summed E-state index contributed by atoms with van der Waals surface area (Å²) in [5, 5.41) is 2.37. The summed E-state index contributed by atoms with van der Waals surface area (Å²) in [7, 11) is 0. The van der Waals surface area contributed by atoms with Crippen LogP contribution >= 0.6 is 11.6 Å². The Labute approximate surface area is 99.1 Å². The quantitative estimate of drug-likeness (QED) is 0.374. The van der Waals surface area contributed by atoms with Crippen LogP contribution in [0.3, 0.4) is 0 Å². The molecule has 0 atom stereocenters. The Balaban J connectivity index is 4.26. The van der Waals surface area contributed by atoms with Gasteiger partial charge in [0.05, 0.1) is 0 Å². The molecule has 6 nitrogen and oxygen atoms in total. The number of nitrogens with zero attached hydrogens (tertiary/aromatic N) is 1. The normalized spacial score (nSPS) is 9.69. The maximum absolute atomic E-state index is 11.5. The Morgan fingerprint density at radius 3 is 2.44 bits per heavy atom. The molecule has 0 aliphatic heterocycles. The van der Waals surface area contributed by atoms with Gasteiger partial charge in [-0.15, -0.1) is 11.6 Å². The molecule has 0 aromatic heterocycles. The molecule has 16 heavy (non-hydrogen) atoms. The van der Waals surface area contributed by atoms with Crippen LogP contribution < -0.4 is 11.1 Å². The fourth-order valence-corrected chi connectivity index (χ4v) is 1.13. The average Bonchev–Trinajstić information content (AvgIpc) is 2.24. The Bertz CT molecular complexity index is 271. The first kappa shape index (κ1) is 14.9. The number of alkyl halides is 1. The van der Waals surface area contributed by atoms with Gasteiger partial charge in [0.15, 0.2) is 0 Å². The van der Waals surface area contributed by atoms with E-state index in [9.17, 15) is 14.4 Å². The second-order valence-corrected chi connectivity index (χ2v) is 3.44. The Kier molecular flexibility index (Phi) is 7.49. The molecule has 0 saturated carbocycles. The molecule has 0 aliphatic rings. The van der Waals surface area contributed by atoms with Gasteiger partial charge in [-0.05, 0) is 6.42 Å². The summed E-state index contributed by atoms with van der Waals surface area (Å²) in [6.07, 6.45) is 0.567. The summed E-state index contributed by atoms with van der Waals surface area (Å²) in [5.41, 5.74) is 5.23. The molecule has 0 unspecified atom stereocenters. The fourth-order valence-electron chi connectivity index (χ4n) is 0.998. The summed E-state index contributed by atoms with van der Waals surface area (Å²) < 4.78 is 0. The maximum Gasteiger partial charge on any atom is 0.318 e. The van der Waals surface area contributed by atoms with E-state index in [-0.39, 0.29) is 13.1 Å². The second kappa shape index (κ2) is 8.06. The van der Waals surface area contributed by atoms with Gasteiger partial charge in [0.25, 0.3) is 0 Å². The van der Waals surface area contributed by atoms with Crippen LogP contribution in [0.25, 0.3) is 0 Å². The van der Waals surface area contributed by atoms with Gasteiger partial charge in [0.2, 0.25) is 5.91 Å². The van der Waals surface area contributed by atoms with Gasteiger partial charge in [0.1, 0.15) is 0 Å². The first-order valence-corrected chi connectivity index (χ1v) is 5.44. The largest absolute Gasteiger partial charge is 0.348 e. The van der Waals surface area contributed by atoms with E-state index < -0.39 is 17.7 Å². The summed E-state index contributed by atoms with van der Waals surface area (Å²) >= 11 is 5.41. The average molecular weight is 250 g/mol. The van der Waals surface area contributed by atoms with Crippen molar-refractivity contribution in [3.8, 4) is 0 Å². The van der Waals surface area contributed by atoms with Gasteiger partial charge in [0, 0.05) is 32.4 Å². The first-order valence-electron chi connectivity index (χ1n) is 4.90. The molecule has 0 bridgehead atoms. The zero-order chi connectivity index (χ0) is 12.6. The zero-order valence-corrected chi connectivity index (χ0v) is 9.92. The van der Waals surface area contributed by atoms with E-state index in [0.29, 0.717) is 18.8 Å². The maximum atomic E-state index is 11.5. The molecule has 0 heterocycles. The van der Waals surface area contributed by atoms with Crippen molar-refractivity contribution in [2.24, 2.45) is 5.73 Å². The van der Waals surface area contributed by atoms with E-state index in [4.69, 9.17) is 17.3 Å². The summed E-state index contributed by atoms with van der Waals surface area (Å²) in [6.45, 7) is 1.68. The highest BCUT2D eigenvalue weighted by Gasteiger charge is 2.23. The van der Waals surface area contributed by atoms with Gasteiger partial charge in [-0.1, -0.05) is 0 Å². The second-order valence-electron chi connectivity index (χ2n) is 3.06. The molecule has 0 fully saturated rings. The van der Waals surface area contributed by atoms with E-state index in [1.807, 2.05) is 0 Å². The highest BCUT2D eigenvalue weighted by Crippen LogP contribution is 1.91. The molecule has 0 spiro atoms.